The molecule has 9 heteroatoms. The SMILES string of the molecule is CCNS(=O)(=O)c1ccc(OC)c(C(=O)Nc2ccc(F)c(C)n2)c1. The van der Waals surface area contributed by atoms with Gasteiger partial charge in [-0.3, -0.25) is 4.79 Å². The minimum absolute atomic E-state index is 0.0188. The van der Waals surface area contributed by atoms with Crippen molar-refractivity contribution >= 4 is 21.7 Å². The average Bonchev–Trinajstić information content (AvgIpc) is 2.57. The number of rotatable bonds is 6. The predicted molar refractivity (Wildman–Crippen MR) is 90.7 cm³/mol. The fourth-order valence-corrected chi connectivity index (χ4v) is 3.17. The van der Waals surface area contributed by atoms with Gasteiger partial charge in [0.15, 0.2) is 0 Å². The highest BCUT2D eigenvalue weighted by molar-refractivity contribution is 7.89. The van der Waals surface area contributed by atoms with Crippen molar-refractivity contribution in [3.8, 4) is 5.75 Å². The van der Waals surface area contributed by atoms with Crippen molar-refractivity contribution in [3.63, 3.8) is 0 Å². The van der Waals surface area contributed by atoms with Gasteiger partial charge in [-0.1, -0.05) is 6.92 Å². The molecule has 134 valence electrons. The first-order valence-corrected chi connectivity index (χ1v) is 8.89. The van der Waals surface area contributed by atoms with Crippen LogP contribution in [0.2, 0.25) is 0 Å². The summed E-state index contributed by atoms with van der Waals surface area (Å²) in [7, 11) is -2.36. The highest BCUT2D eigenvalue weighted by atomic mass is 32.2. The van der Waals surface area contributed by atoms with Gasteiger partial charge < -0.3 is 10.1 Å². The Morgan fingerprint density at radius 3 is 2.60 bits per heavy atom. The van der Waals surface area contributed by atoms with Gasteiger partial charge in [0.25, 0.3) is 5.91 Å². The van der Waals surface area contributed by atoms with Gasteiger partial charge in [-0.15, -0.1) is 0 Å². The van der Waals surface area contributed by atoms with Gasteiger partial charge in [0.05, 0.1) is 23.3 Å². The molecule has 25 heavy (non-hydrogen) atoms. The maximum absolute atomic E-state index is 13.3. The molecule has 2 N–H and O–H groups in total. The van der Waals surface area contributed by atoms with Crippen LogP contribution in [-0.2, 0) is 10.0 Å². The largest absolute Gasteiger partial charge is 0.496 e. The van der Waals surface area contributed by atoms with Gasteiger partial charge in [-0.05, 0) is 37.3 Å². The monoisotopic (exact) mass is 367 g/mol. The number of benzene rings is 1. The number of hydrogen-bond donors (Lipinski definition) is 2. The van der Waals surface area contributed by atoms with Crippen LogP contribution in [0.25, 0.3) is 0 Å². The van der Waals surface area contributed by atoms with Crippen molar-refractivity contribution < 1.29 is 22.3 Å². The van der Waals surface area contributed by atoms with Gasteiger partial charge in [0.1, 0.15) is 17.4 Å². The zero-order valence-corrected chi connectivity index (χ0v) is 14.8. The molecule has 7 nitrogen and oxygen atoms in total. The molecule has 0 aliphatic carbocycles. The van der Waals surface area contributed by atoms with Gasteiger partial charge in [0.2, 0.25) is 10.0 Å². The number of halogens is 1. The Kier molecular flexibility index (Phi) is 5.70. The second kappa shape index (κ2) is 7.58. The third-order valence-electron chi connectivity index (χ3n) is 3.32. The van der Waals surface area contributed by atoms with Gasteiger partial charge in [-0.2, -0.15) is 0 Å². The van der Waals surface area contributed by atoms with E-state index in [2.05, 4.69) is 15.0 Å². The second-order valence-electron chi connectivity index (χ2n) is 5.08. The standard InChI is InChI=1S/C16H18FN3O4S/c1-4-18-25(22,23)11-5-7-14(24-3)12(9-11)16(21)20-15-8-6-13(17)10(2)19-15/h5-9,18H,4H2,1-3H3,(H,19,20,21). The minimum atomic E-state index is -3.73. The molecular weight excluding hydrogens is 349 g/mol. The Bertz CT molecular complexity index is 900. The molecule has 0 spiro atoms. The number of sulfonamides is 1. The van der Waals surface area contributed by atoms with Gasteiger partial charge >= 0.3 is 0 Å². The van der Waals surface area contributed by atoms with Gasteiger partial charge in [-0.25, -0.2) is 22.5 Å². The molecule has 0 aliphatic rings. The summed E-state index contributed by atoms with van der Waals surface area (Å²) in [5.41, 5.74) is 0.151. The lowest BCUT2D eigenvalue weighted by Crippen LogP contribution is -2.24. The Balaban J connectivity index is 2.38. The summed E-state index contributed by atoms with van der Waals surface area (Å²) in [5.74, 6) is -0.768. The van der Waals surface area contributed by atoms with Crippen LogP contribution in [0.4, 0.5) is 10.2 Å². The number of amides is 1. The maximum Gasteiger partial charge on any atom is 0.260 e. The third-order valence-corrected chi connectivity index (χ3v) is 4.87. The predicted octanol–water partition coefficient (Wildman–Crippen LogP) is 2.09. The molecule has 2 aromatic rings. The molecule has 1 aromatic carbocycles. The number of nitrogens with zero attached hydrogens (tertiary/aromatic N) is 1. The summed E-state index contributed by atoms with van der Waals surface area (Å²) >= 11 is 0. The summed E-state index contributed by atoms with van der Waals surface area (Å²) in [6.45, 7) is 3.33. The fraction of sp³-hybridized carbons (Fsp3) is 0.250. The van der Waals surface area contributed by atoms with E-state index >= 15 is 0 Å². The van der Waals surface area contributed by atoms with Crippen molar-refractivity contribution in [2.75, 3.05) is 19.0 Å². The molecule has 0 atom stereocenters. The van der Waals surface area contributed by atoms with E-state index in [1.807, 2.05) is 0 Å². The number of ether oxygens (including phenoxy) is 1. The number of hydrogen-bond acceptors (Lipinski definition) is 5. The highest BCUT2D eigenvalue weighted by Crippen LogP contribution is 2.23. The summed E-state index contributed by atoms with van der Waals surface area (Å²) in [5, 5.41) is 2.50. The molecule has 0 radical (unpaired) electrons. The second-order valence-corrected chi connectivity index (χ2v) is 6.85. The number of pyridine rings is 1. The van der Waals surface area contributed by atoms with E-state index in [1.165, 1.54) is 44.4 Å². The molecule has 2 rings (SSSR count). The quantitative estimate of drug-likeness (QED) is 0.815. The molecule has 0 unspecified atom stereocenters. The lowest BCUT2D eigenvalue weighted by atomic mass is 10.2. The minimum Gasteiger partial charge on any atom is -0.496 e. The maximum atomic E-state index is 13.3. The van der Waals surface area contributed by atoms with Crippen LogP contribution in [0.15, 0.2) is 35.2 Å². The summed E-state index contributed by atoms with van der Waals surface area (Å²) in [6.07, 6.45) is 0. The Hall–Kier alpha value is -2.52. The number of carbonyl (C=O) groups excluding carboxylic acids is 1. The number of aromatic nitrogens is 1. The smallest absolute Gasteiger partial charge is 0.260 e. The molecule has 1 aromatic heterocycles. The Labute approximate surface area is 145 Å². The number of nitrogens with one attached hydrogen (secondary N) is 2. The van der Waals surface area contributed by atoms with Crippen LogP contribution in [0.3, 0.4) is 0 Å². The third kappa shape index (κ3) is 4.31. The summed E-state index contributed by atoms with van der Waals surface area (Å²) < 4.78 is 45.0. The van der Waals surface area contributed by atoms with Crippen LogP contribution >= 0.6 is 0 Å². The molecule has 1 amide bonds. The van der Waals surface area contributed by atoms with E-state index in [9.17, 15) is 17.6 Å². The zero-order valence-electron chi connectivity index (χ0n) is 14.0. The topological polar surface area (TPSA) is 97.4 Å². The molecule has 0 saturated carbocycles. The van der Waals surface area contributed by atoms with Crippen molar-refractivity contribution in [2.24, 2.45) is 0 Å². The van der Waals surface area contributed by atoms with Gasteiger partial charge in [0, 0.05) is 6.54 Å². The summed E-state index contributed by atoms with van der Waals surface area (Å²) in [4.78, 5) is 16.3. The Morgan fingerprint density at radius 1 is 1.28 bits per heavy atom. The van der Waals surface area contributed by atoms with Crippen molar-refractivity contribution in [1.29, 1.82) is 0 Å². The van der Waals surface area contributed by atoms with Crippen molar-refractivity contribution in [3.05, 3.63) is 47.4 Å². The normalized spacial score (nSPS) is 11.2. The molecule has 0 fully saturated rings. The van der Waals surface area contributed by atoms with E-state index in [0.717, 1.165) is 0 Å². The first-order chi connectivity index (χ1) is 11.8. The number of aryl methyl sites for hydroxylation is 1. The van der Waals surface area contributed by atoms with E-state index in [4.69, 9.17) is 4.74 Å². The lowest BCUT2D eigenvalue weighted by molar-refractivity contribution is 0.102. The van der Waals surface area contributed by atoms with Crippen LogP contribution in [0.1, 0.15) is 23.0 Å². The van der Waals surface area contributed by atoms with Crippen LogP contribution in [-0.4, -0.2) is 33.0 Å². The lowest BCUT2D eigenvalue weighted by Gasteiger charge is -2.12. The molecule has 0 bridgehead atoms. The average molecular weight is 367 g/mol. The van der Waals surface area contributed by atoms with Crippen LogP contribution in [0, 0.1) is 12.7 Å². The van der Waals surface area contributed by atoms with Crippen molar-refractivity contribution in [1.82, 2.24) is 9.71 Å². The van der Waals surface area contributed by atoms with E-state index in [-0.39, 0.29) is 34.3 Å². The number of anilines is 1. The summed E-state index contributed by atoms with van der Waals surface area (Å²) in [6, 6.07) is 6.44. The first kappa shape index (κ1) is 18.8. The molecule has 0 aliphatic heterocycles. The molecule has 1 heterocycles. The fourth-order valence-electron chi connectivity index (χ4n) is 2.10. The number of methoxy groups -OCH3 is 1. The molecular formula is C16H18FN3O4S. The highest BCUT2D eigenvalue weighted by Gasteiger charge is 2.19. The van der Waals surface area contributed by atoms with E-state index in [0.29, 0.717) is 0 Å². The van der Waals surface area contributed by atoms with Crippen LogP contribution in [0.5, 0.6) is 5.75 Å². The zero-order chi connectivity index (χ0) is 18.6. The van der Waals surface area contributed by atoms with Crippen LogP contribution < -0.4 is 14.8 Å². The number of carbonyl (C=O) groups is 1. The van der Waals surface area contributed by atoms with E-state index in [1.54, 1.807) is 6.92 Å². The Morgan fingerprint density at radius 2 is 2.00 bits per heavy atom. The first-order valence-electron chi connectivity index (χ1n) is 7.40. The molecule has 0 saturated heterocycles. The van der Waals surface area contributed by atoms with Crippen molar-refractivity contribution in [2.45, 2.75) is 18.7 Å². The van der Waals surface area contributed by atoms with E-state index < -0.39 is 21.7 Å².